The summed E-state index contributed by atoms with van der Waals surface area (Å²) < 4.78 is 1.83. The number of Topliss-reactive ketones (excluding diaryl/α,β-unsaturated/α-hetero) is 1. The van der Waals surface area contributed by atoms with Crippen LogP contribution in [-0.2, 0) is 4.79 Å². The molecule has 1 aliphatic heterocycles. The van der Waals surface area contributed by atoms with Crippen molar-refractivity contribution in [2.45, 2.75) is 57.9 Å². The van der Waals surface area contributed by atoms with Crippen molar-refractivity contribution in [3.8, 4) is 0 Å². The molecule has 5 nitrogen and oxygen atoms in total. The van der Waals surface area contributed by atoms with Crippen LogP contribution >= 0.6 is 0 Å². The van der Waals surface area contributed by atoms with Gasteiger partial charge in [0.15, 0.2) is 5.78 Å². The molecule has 1 saturated carbocycles. The summed E-state index contributed by atoms with van der Waals surface area (Å²) in [6.45, 7) is 3.48. The molecule has 1 aromatic rings. The number of nitrogens with zero attached hydrogens (tertiary/aromatic N) is 2. The monoisotopic (exact) mass is 317 g/mol. The van der Waals surface area contributed by atoms with E-state index < -0.39 is 0 Å². The molecule has 1 amide bonds. The first-order valence-corrected chi connectivity index (χ1v) is 8.89. The Bertz CT molecular complexity index is 552. The molecule has 2 fully saturated rings. The number of aromatic nitrogens is 1. The fourth-order valence-corrected chi connectivity index (χ4v) is 3.82. The van der Waals surface area contributed by atoms with Crippen LogP contribution in [0.15, 0.2) is 18.3 Å². The summed E-state index contributed by atoms with van der Waals surface area (Å²) in [6.07, 6.45) is 9.33. The lowest BCUT2D eigenvalue weighted by Gasteiger charge is -2.34. The van der Waals surface area contributed by atoms with E-state index in [0.29, 0.717) is 17.6 Å². The summed E-state index contributed by atoms with van der Waals surface area (Å²) in [6, 6.07) is 4.06. The lowest BCUT2D eigenvalue weighted by Crippen LogP contribution is -2.42. The van der Waals surface area contributed by atoms with Crippen molar-refractivity contribution in [2.24, 2.45) is 5.92 Å². The van der Waals surface area contributed by atoms with E-state index >= 15 is 0 Å². The molecule has 1 saturated heterocycles. The van der Waals surface area contributed by atoms with Crippen LogP contribution in [0.25, 0.3) is 0 Å². The molecular formula is C18H27N3O2. The van der Waals surface area contributed by atoms with Crippen molar-refractivity contribution in [3.05, 3.63) is 24.0 Å². The Kier molecular flexibility index (Phi) is 5.03. The summed E-state index contributed by atoms with van der Waals surface area (Å²) in [5, 5.41) is 0. The molecule has 0 bridgehead atoms. The van der Waals surface area contributed by atoms with Crippen LogP contribution in [0.5, 0.6) is 0 Å². The first-order valence-electron chi connectivity index (χ1n) is 8.89. The van der Waals surface area contributed by atoms with Gasteiger partial charge in [-0.3, -0.25) is 14.3 Å². The smallest absolute Gasteiger partial charge is 0.225 e. The minimum Gasteiger partial charge on any atom is -0.342 e. The summed E-state index contributed by atoms with van der Waals surface area (Å²) in [7, 11) is 0. The van der Waals surface area contributed by atoms with E-state index in [0.717, 1.165) is 51.6 Å². The molecular weight excluding hydrogens is 290 g/mol. The Morgan fingerprint density at radius 3 is 2.43 bits per heavy atom. The number of nitrogens with one attached hydrogen (secondary N) is 1. The molecule has 126 valence electrons. The van der Waals surface area contributed by atoms with Gasteiger partial charge in [0, 0.05) is 38.2 Å². The highest BCUT2D eigenvalue weighted by Gasteiger charge is 2.30. The number of carbonyl (C=O) groups is 2. The molecule has 5 heteroatoms. The Morgan fingerprint density at radius 2 is 1.78 bits per heavy atom. The fourth-order valence-electron chi connectivity index (χ4n) is 3.82. The van der Waals surface area contributed by atoms with Gasteiger partial charge in [0.2, 0.25) is 5.91 Å². The van der Waals surface area contributed by atoms with Gasteiger partial charge < -0.3 is 10.3 Å². The van der Waals surface area contributed by atoms with Gasteiger partial charge in [-0.15, -0.1) is 0 Å². The molecule has 3 rings (SSSR count). The number of likely N-dealkylation sites (tertiary alicyclic amines) is 1. The Hall–Kier alpha value is -1.78. The predicted molar refractivity (Wildman–Crippen MR) is 90.0 cm³/mol. The zero-order chi connectivity index (χ0) is 16.2. The van der Waals surface area contributed by atoms with Gasteiger partial charge in [-0.2, -0.15) is 0 Å². The van der Waals surface area contributed by atoms with Crippen LogP contribution in [-0.4, -0.2) is 40.4 Å². The molecule has 2 aliphatic rings. The van der Waals surface area contributed by atoms with Crippen LogP contribution in [0.1, 0.15) is 62.4 Å². The number of carbonyl (C=O) groups excluding carboxylic acids is 2. The van der Waals surface area contributed by atoms with Gasteiger partial charge in [-0.1, -0.05) is 0 Å². The van der Waals surface area contributed by atoms with E-state index in [1.165, 1.54) is 6.42 Å². The molecule has 1 N–H and O–H groups in total. The summed E-state index contributed by atoms with van der Waals surface area (Å²) in [5.41, 5.74) is 4.11. The van der Waals surface area contributed by atoms with E-state index in [-0.39, 0.29) is 11.7 Å². The molecule has 0 spiro atoms. The third-order valence-corrected chi connectivity index (χ3v) is 5.18. The van der Waals surface area contributed by atoms with Crippen molar-refractivity contribution in [1.82, 2.24) is 9.58 Å². The maximum atomic E-state index is 12.6. The third kappa shape index (κ3) is 3.77. The number of amides is 1. The molecule has 2 heterocycles. The Morgan fingerprint density at radius 1 is 1.09 bits per heavy atom. The molecule has 1 aliphatic carbocycles. The highest BCUT2D eigenvalue weighted by atomic mass is 16.2. The van der Waals surface area contributed by atoms with Gasteiger partial charge in [-0.25, -0.2) is 0 Å². The van der Waals surface area contributed by atoms with Crippen molar-refractivity contribution < 1.29 is 9.59 Å². The molecule has 23 heavy (non-hydrogen) atoms. The van der Waals surface area contributed by atoms with Crippen molar-refractivity contribution >= 4 is 11.7 Å². The average Bonchev–Trinajstić information content (AvgIpc) is 3.04. The van der Waals surface area contributed by atoms with Crippen LogP contribution in [0, 0.1) is 5.92 Å². The molecule has 0 unspecified atom stereocenters. The van der Waals surface area contributed by atoms with E-state index in [2.05, 4.69) is 10.3 Å². The number of hydrogen-bond acceptors (Lipinski definition) is 3. The lowest BCUT2D eigenvalue weighted by atomic mass is 9.85. The molecule has 1 aromatic heterocycles. The Balaban J connectivity index is 1.51. The van der Waals surface area contributed by atoms with E-state index in [1.807, 2.05) is 23.0 Å². The number of rotatable bonds is 4. The normalized spacial score (nSPS) is 25.2. The third-order valence-electron chi connectivity index (χ3n) is 5.18. The molecule has 0 aromatic carbocycles. The number of hydrogen-bond donors (Lipinski definition) is 1. The van der Waals surface area contributed by atoms with E-state index in [1.54, 1.807) is 6.92 Å². The predicted octanol–water partition coefficient (Wildman–Crippen LogP) is 2.81. The van der Waals surface area contributed by atoms with Crippen molar-refractivity contribution in [3.63, 3.8) is 0 Å². The summed E-state index contributed by atoms with van der Waals surface area (Å²) >= 11 is 0. The number of piperidine rings is 1. The molecule has 0 atom stereocenters. The fraction of sp³-hybridized carbons (Fsp3) is 0.667. The van der Waals surface area contributed by atoms with Gasteiger partial charge in [0.05, 0.1) is 0 Å². The zero-order valence-electron chi connectivity index (χ0n) is 14.0. The highest BCUT2D eigenvalue weighted by molar-refractivity contribution is 5.92. The summed E-state index contributed by atoms with van der Waals surface area (Å²) in [4.78, 5) is 26.2. The summed E-state index contributed by atoms with van der Waals surface area (Å²) in [5.74, 6) is 0.632. The second kappa shape index (κ2) is 7.20. The van der Waals surface area contributed by atoms with Gasteiger partial charge in [-0.05, 0) is 57.1 Å². The minimum absolute atomic E-state index is 0.0662. The standard InChI is InChI=1S/C18H27N3O2/c1-14(22)17-6-5-13-21(17)19-16-9-7-15(8-10-16)18(23)20-11-3-2-4-12-20/h5-6,13,15-16,19H,2-4,7-12H2,1H3. The van der Waals surface area contributed by atoms with Crippen molar-refractivity contribution in [2.75, 3.05) is 18.5 Å². The van der Waals surface area contributed by atoms with E-state index in [4.69, 9.17) is 0 Å². The van der Waals surface area contributed by atoms with Crippen molar-refractivity contribution in [1.29, 1.82) is 0 Å². The lowest BCUT2D eigenvalue weighted by molar-refractivity contribution is -0.137. The van der Waals surface area contributed by atoms with E-state index in [9.17, 15) is 9.59 Å². The van der Waals surface area contributed by atoms with Crippen LogP contribution in [0.2, 0.25) is 0 Å². The Labute approximate surface area is 138 Å². The maximum absolute atomic E-state index is 12.6. The van der Waals surface area contributed by atoms with Crippen LogP contribution in [0.3, 0.4) is 0 Å². The van der Waals surface area contributed by atoms with Crippen LogP contribution < -0.4 is 5.43 Å². The highest BCUT2D eigenvalue weighted by Crippen LogP contribution is 2.27. The average molecular weight is 317 g/mol. The second-order valence-electron chi connectivity index (χ2n) is 6.88. The second-order valence-corrected chi connectivity index (χ2v) is 6.88. The zero-order valence-corrected chi connectivity index (χ0v) is 14.0. The largest absolute Gasteiger partial charge is 0.342 e. The topological polar surface area (TPSA) is 54.3 Å². The van der Waals surface area contributed by atoms with Gasteiger partial charge in [0.1, 0.15) is 5.69 Å². The first kappa shape index (κ1) is 16.1. The first-order chi connectivity index (χ1) is 11.1. The maximum Gasteiger partial charge on any atom is 0.225 e. The minimum atomic E-state index is 0.0662. The van der Waals surface area contributed by atoms with Crippen LogP contribution in [0.4, 0.5) is 0 Å². The SMILES string of the molecule is CC(=O)c1cccn1NC1CCC(C(=O)N2CCCCC2)CC1. The number of ketones is 1. The molecule has 0 radical (unpaired) electrons. The van der Waals surface area contributed by atoms with Gasteiger partial charge >= 0.3 is 0 Å². The quantitative estimate of drug-likeness (QED) is 0.869. The van der Waals surface area contributed by atoms with Gasteiger partial charge in [0.25, 0.3) is 0 Å².